The topological polar surface area (TPSA) is 90.6 Å². The number of carbonyl (C=O) groups is 1. The first-order chi connectivity index (χ1) is 10.5. The lowest BCUT2D eigenvalue weighted by Gasteiger charge is -2.10. The lowest BCUT2D eigenvalue weighted by molar-refractivity contribution is -0.121. The summed E-state index contributed by atoms with van der Waals surface area (Å²) in [7, 11) is 0. The van der Waals surface area contributed by atoms with Crippen molar-refractivity contribution in [2.24, 2.45) is 0 Å². The van der Waals surface area contributed by atoms with E-state index < -0.39 is 5.69 Å². The molecule has 0 fully saturated rings. The van der Waals surface area contributed by atoms with Crippen LogP contribution in [0.1, 0.15) is 30.8 Å². The number of aromatic amines is 2. The molecule has 0 saturated heterocycles. The first-order valence-corrected chi connectivity index (χ1v) is 7.96. The molecular weight excluding hydrogens is 307 g/mol. The number of carbonyl (C=O) groups excluding carboxylic acids is 1. The third kappa shape index (κ3) is 5.03. The highest BCUT2D eigenvalue weighted by Crippen LogP contribution is 2.14. The van der Waals surface area contributed by atoms with E-state index in [-0.39, 0.29) is 17.8 Å². The molecule has 0 unspecified atom stereocenters. The Morgan fingerprint density at radius 1 is 1.41 bits per heavy atom. The molecule has 1 aromatic heterocycles. The van der Waals surface area contributed by atoms with Crippen LogP contribution in [0.25, 0.3) is 0 Å². The lowest BCUT2D eigenvalue weighted by Crippen LogP contribution is -2.27. The Bertz CT molecular complexity index is 668. The first-order valence-electron chi connectivity index (χ1n) is 6.80. The second-order valence-electron chi connectivity index (χ2n) is 4.78. The molecule has 0 aliphatic rings. The molecule has 8 heteroatoms. The molecule has 0 spiro atoms. The molecule has 1 amide bonds. The van der Waals surface area contributed by atoms with Crippen molar-refractivity contribution in [1.82, 2.24) is 20.5 Å². The van der Waals surface area contributed by atoms with Crippen LogP contribution in [0.3, 0.4) is 0 Å². The van der Waals surface area contributed by atoms with Gasteiger partial charge in [-0.05, 0) is 24.6 Å². The summed E-state index contributed by atoms with van der Waals surface area (Å²) in [6.45, 7) is 1.75. The van der Waals surface area contributed by atoms with E-state index in [1.54, 1.807) is 30.8 Å². The second kappa shape index (κ2) is 7.79. The predicted octanol–water partition coefficient (Wildman–Crippen LogP) is 1.74. The van der Waals surface area contributed by atoms with E-state index in [0.29, 0.717) is 18.0 Å². The quantitative estimate of drug-likeness (QED) is 0.677. The van der Waals surface area contributed by atoms with E-state index in [1.165, 1.54) is 12.1 Å². The molecule has 0 saturated carbocycles. The van der Waals surface area contributed by atoms with Crippen molar-refractivity contribution < 1.29 is 9.18 Å². The van der Waals surface area contributed by atoms with Gasteiger partial charge in [0.25, 0.3) is 0 Å². The van der Waals surface area contributed by atoms with Crippen LogP contribution < -0.4 is 11.0 Å². The molecule has 0 bridgehead atoms. The molecule has 1 heterocycles. The average Bonchev–Trinajstić information content (AvgIpc) is 2.92. The van der Waals surface area contributed by atoms with Gasteiger partial charge in [0.15, 0.2) is 5.82 Å². The summed E-state index contributed by atoms with van der Waals surface area (Å²) in [5.74, 6) is 1.43. The largest absolute Gasteiger partial charge is 0.346 e. The minimum Gasteiger partial charge on any atom is -0.346 e. The molecule has 0 radical (unpaired) electrons. The lowest BCUT2D eigenvalue weighted by atomic mass is 10.2. The minimum atomic E-state index is -0.397. The van der Waals surface area contributed by atoms with Crippen molar-refractivity contribution in [3.05, 3.63) is 52.0 Å². The van der Waals surface area contributed by atoms with Crippen molar-refractivity contribution in [2.75, 3.05) is 5.75 Å². The minimum absolute atomic E-state index is 0.108. The number of H-pyrrole nitrogens is 2. The third-order valence-electron chi connectivity index (χ3n) is 2.96. The summed E-state index contributed by atoms with van der Waals surface area (Å²) in [5, 5.41) is 8.78. The van der Waals surface area contributed by atoms with Crippen molar-refractivity contribution in [1.29, 1.82) is 0 Å². The van der Waals surface area contributed by atoms with Crippen molar-refractivity contribution >= 4 is 17.7 Å². The summed E-state index contributed by atoms with van der Waals surface area (Å²) < 4.78 is 12.8. The average molecular weight is 324 g/mol. The van der Waals surface area contributed by atoms with Gasteiger partial charge in [-0.25, -0.2) is 14.3 Å². The van der Waals surface area contributed by atoms with Gasteiger partial charge >= 0.3 is 5.69 Å². The van der Waals surface area contributed by atoms with Gasteiger partial charge < -0.3 is 5.32 Å². The fraction of sp³-hybridized carbons (Fsp3) is 0.357. The molecular formula is C14H17FN4O2S. The van der Waals surface area contributed by atoms with E-state index in [9.17, 15) is 14.0 Å². The standard InChI is InChI=1S/C14H17FN4O2S/c1-9(13-17-14(21)19-18-13)16-12(20)6-7-22-8-10-2-4-11(15)5-3-10/h2-5,9H,6-8H2,1H3,(H,16,20)(H2,17,18,19,21)/t9-/m1/s1. The molecule has 2 rings (SSSR count). The zero-order valence-electron chi connectivity index (χ0n) is 12.1. The van der Waals surface area contributed by atoms with E-state index >= 15 is 0 Å². The SMILES string of the molecule is C[C@@H](NC(=O)CCSCc1ccc(F)cc1)c1n[nH]c(=O)[nH]1. The first kappa shape index (κ1) is 16.3. The van der Waals surface area contributed by atoms with Gasteiger partial charge in [0.1, 0.15) is 5.82 Å². The summed E-state index contributed by atoms with van der Waals surface area (Å²) in [4.78, 5) is 25.2. The number of aromatic nitrogens is 3. The van der Waals surface area contributed by atoms with Gasteiger partial charge in [0.2, 0.25) is 5.91 Å². The summed E-state index contributed by atoms with van der Waals surface area (Å²) in [6, 6.07) is 5.97. The van der Waals surface area contributed by atoms with Crippen molar-refractivity contribution in [3.8, 4) is 0 Å². The van der Waals surface area contributed by atoms with E-state index in [0.717, 1.165) is 11.3 Å². The predicted molar refractivity (Wildman–Crippen MR) is 82.9 cm³/mol. The smallest absolute Gasteiger partial charge is 0.340 e. The maximum absolute atomic E-state index is 12.8. The Hall–Kier alpha value is -2.09. The maximum Gasteiger partial charge on any atom is 0.340 e. The number of benzene rings is 1. The molecule has 2 aromatic rings. The number of nitrogens with one attached hydrogen (secondary N) is 3. The van der Waals surface area contributed by atoms with Crippen LogP contribution in [0.2, 0.25) is 0 Å². The molecule has 6 nitrogen and oxygen atoms in total. The van der Waals surface area contributed by atoms with Crippen LogP contribution in [0, 0.1) is 5.82 Å². The summed E-state index contributed by atoms with van der Waals surface area (Å²) >= 11 is 1.60. The zero-order valence-corrected chi connectivity index (χ0v) is 12.9. The number of thioether (sulfide) groups is 1. The number of halogens is 1. The van der Waals surface area contributed by atoms with Crippen LogP contribution in [-0.4, -0.2) is 26.8 Å². The Kier molecular flexibility index (Phi) is 5.76. The number of hydrogen-bond donors (Lipinski definition) is 3. The Labute approximate surface area is 130 Å². The monoisotopic (exact) mass is 324 g/mol. The third-order valence-corrected chi connectivity index (χ3v) is 3.99. The highest BCUT2D eigenvalue weighted by molar-refractivity contribution is 7.98. The van der Waals surface area contributed by atoms with Gasteiger partial charge in [-0.3, -0.25) is 9.78 Å². The van der Waals surface area contributed by atoms with E-state index in [2.05, 4.69) is 20.5 Å². The van der Waals surface area contributed by atoms with Gasteiger partial charge in [0.05, 0.1) is 6.04 Å². The van der Waals surface area contributed by atoms with Gasteiger partial charge in [-0.2, -0.15) is 16.9 Å². The van der Waals surface area contributed by atoms with E-state index in [4.69, 9.17) is 0 Å². The van der Waals surface area contributed by atoms with Crippen molar-refractivity contribution in [3.63, 3.8) is 0 Å². The Morgan fingerprint density at radius 3 is 2.77 bits per heavy atom. The number of rotatable bonds is 7. The van der Waals surface area contributed by atoms with Crippen LogP contribution in [0.4, 0.5) is 4.39 Å². The molecule has 0 aliphatic carbocycles. The van der Waals surface area contributed by atoms with E-state index in [1.807, 2.05) is 0 Å². The molecule has 22 heavy (non-hydrogen) atoms. The summed E-state index contributed by atoms with van der Waals surface area (Å²) in [5.41, 5.74) is 0.625. The Balaban J connectivity index is 1.67. The van der Waals surface area contributed by atoms with Crippen LogP contribution >= 0.6 is 11.8 Å². The maximum atomic E-state index is 12.8. The molecule has 1 atom stereocenters. The highest BCUT2D eigenvalue weighted by atomic mass is 32.2. The van der Waals surface area contributed by atoms with Crippen LogP contribution in [0.15, 0.2) is 29.1 Å². The fourth-order valence-corrected chi connectivity index (χ4v) is 2.71. The van der Waals surface area contributed by atoms with Crippen molar-refractivity contribution in [2.45, 2.75) is 25.1 Å². The van der Waals surface area contributed by atoms with Gasteiger partial charge in [0, 0.05) is 17.9 Å². The molecule has 0 aliphatic heterocycles. The number of nitrogens with zero attached hydrogens (tertiary/aromatic N) is 1. The van der Waals surface area contributed by atoms with Gasteiger partial charge in [-0.1, -0.05) is 12.1 Å². The van der Waals surface area contributed by atoms with Crippen LogP contribution in [-0.2, 0) is 10.5 Å². The van der Waals surface area contributed by atoms with Crippen LogP contribution in [0.5, 0.6) is 0 Å². The second-order valence-corrected chi connectivity index (χ2v) is 5.89. The number of amides is 1. The molecule has 1 aromatic carbocycles. The fourth-order valence-electron chi connectivity index (χ4n) is 1.81. The number of hydrogen-bond acceptors (Lipinski definition) is 4. The normalized spacial score (nSPS) is 12.1. The molecule has 118 valence electrons. The Morgan fingerprint density at radius 2 is 2.14 bits per heavy atom. The zero-order chi connectivity index (χ0) is 15.9. The van der Waals surface area contributed by atoms with Gasteiger partial charge in [-0.15, -0.1) is 0 Å². The highest BCUT2D eigenvalue weighted by Gasteiger charge is 2.12. The molecule has 3 N–H and O–H groups in total. The summed E-state index contributed by atoms with van der Waals surface area (Å²) in [6.07, 6.45) is 0.366.